The monoisotopic (exact) mass is 194 g/mol. The van der Waals surface area contributed by atoms with Crippen molar-refractivity contribution >= 4 is 17.6 Å². The molecule has 2 nitrogen and oxygen atoms in total. The number of nitrogens with zero attached hydrogens (tertiary/aromatic N) is 1. The molecular weight excluding hydrogens is 180 g/mol. The van der Waals surface area contributed by atoms with Gasteiger partial charge in [-0.15, -0.1) is 0 Å². The minimum Gasteiger partial charge on any atom is -0.367 e. The second-order valence-corrected chi connectivity index (χ2v) is 4.42. The smallest absolute Gasteiger partial charge is 0.126 e. The molecule has 1 saturated heterocycles. The fourth-order valence-corrected chi connectivity index (χ4v) is 2.58. The highest BCUT2D eigenvalue weighted by atomic mass is 32.2. The van der Waals surface area contributed by atoms with E-state index in [2.05, 4.69) is 10.3 Å². The normalized spacial score (nSPS) is 22.6. The van der Waals surface area contributed by atoms with Gasteiger partial charge in [-0.3, -0.25) is 0 Å². The highest BCUT2D eigenvalue weighted by Gasteiger charge is 2.12. The number of anilines is 1. The van der Waals surface area contributed by atoms with E-state index in [1.165, 1.54) is 24.3 Å². The first-order valence-corrected chi connectivity index (χ1v) is 5.86. The average molecular weight is 194 g/mol. The average Bonchev–Trinajstić information content (AvgIpc) is 2.21. The van der Waals surface area contributed by atoms with E-state index in [0.717, 1.165) is 5.82 Å². The zero-order chi connectivity index (χ0) is 8.93. The van der Waals surface area contributed by atoms with Gasteiger partial charge in [0.05, 0.1) is 0 Å². The zero-order valence-electron chi connectivity index (χ0n) is 7.57. The van der Waals surface area contributed by atoms with Crippen molar-refractivity contribution in [2.75, 3.05) is 16.8 Å². The summed E-state index contributed by atoms with van der Waals surface area (Å²) in [5.74, 6) is 3.55. The molecule has 0 radical (unpaired) electrons. The Morgan fingerprint density at radius 2 is 2.46 bits per heavy atom. The van der Waals surface area contributed by atoms with Crippen LogP contribution in [-0.4, -0.2) is 22.5 Å². The van der Waals surface area contributed by atoms with Crippen molar-refractivity contribution in [2.45, 2.75) is 18.9 Å². The van der Waals surface area contributed by atoms with Crippen LogP contribution < -0.4 is 5.32 Å². The first-order chi connectivity index (χ1) is 6.45. The zero-order valence-corrected chi connectivity index (χ0v) is 8.39. The Bertz CT molecular complexity index is 244. The van der Waals surface area contributed by atoms with E-state index in [9.17, 15) is 0 Å². The second kappa shape index (κ2) is 4.51. The van der Waals surface area contributed by atoms with Gasteiger partial charge in [0.25, 0.3) is 0 Å². The molecule has 1 fully saturated rings. The number of hydrogen-bond acceptors (Lipinski definition) is 3. The van der Waals surface area contributed by atoms with Gasteiger partial charge in [-0.25, -0.2) is 4.98 Å². The third-order valence-corrected chi connectivity index (χ3v) is 3.39. The van der Waals surface area contributed by atoms with Crippen LogP contribution in [0.2, 0.25) is 0 Å². The van der Waals surface area contributed by atoms with E-state index in [4.69, 9.17) is 0 Å². The van der Waals surface area contributed by atoms with Crippen LogP contribution in [0.5, 0.6) is 0 Å². The molecule has 1 unspecified atom stereocenters. The van der Waals surface area contributed by atoms with E-state index in [0.29, 0.717) is 6.04 Å². The van der Waals surface area contributed by atoms with Crippen LogP contribution >= 0.6 is 11.8 Å². The predicted molar refractivity (Wildman–Crippen MR) is 58.2 cm³/mol. The number of hydrogen-bond donors (Lipinski definition) is 1. The number of rotatable bonds is 2. The minimum atomic E-state index is 0.619. The van der Waals surface area contributed by atoms with E-state index >= 15 is 0 Å². The molecule has 1 atom stereocenters. The predicted octanol–water partition coefficient (Wildman–Crippen LogP) is 2.39. The van der Waals surface area contributed by atoms with Gasteiger partial charge in [-0.2, -0.15) is 11.8 Å². The van der Waals surface area contributed by atoms with Crippen LogP contribution in [0.4, 0.5) is 5.82 Å². The Labute approximate surface area is 83.1 Å². The molecule has 0 aromatic carbocycles. The maximum absolute atomic E-state index is 4.25. The highest BCUT2D eigenvalue weighted by molar-refractivity contribution is 7.99. The molecule has 13 heavy (non-hydrogen) atoms. The lowest BCUT2D eigenvalue weighted by Gasteiger charge is -2.22. The second-order valence-electron chi connectivity index (χ2n) is 3.27. The summed E-state index contributed by atoms with van der Waals surface area (Å²) in [6.07, 6.45) is 4.44. The Morgan fingerprint density at radius 1 is 1.46 bits per heavy atom. The lowest BCUT2D eigenvalue weighted by atomic mass is 10.2. The van der Waals surface area contributed by atoms with Gasteiger partial charge < -0.3 is 5.32 Å². The molecule has 1 aromatic heterocycles. The topological polar surface area (TPSA) is 24.9 Å². The Hall–Kier alpha value is -0.700. The summed E-state index contributed by atoms with van der Waals surface area (Å²) in [6, 6.07) is 6.61. The van der Waals surface area contributed by atoms with E-state index in [1.807, 2.05) is 36.2 Å². The molecule has 2 heterocycles. The van der Waals surface area contributed by atoms with Crippen molar-refractivity contribution in [2.24, 2.45) is 0 Å². The molecular formula is C10H14N2S. The van der Waals surface area contributed by atoms with Gasteiger partial charge in [-0.1, -0.05) is 6.07 Å². The quantitative estimate of drug-likeness (QED) is 0.782. The number of pyridine rings is 1. The molecule has 70 valence electrons. The fourth-order valence-electron chi connectivity index (χ4n) is 1.51. The van der Waals surface area contributed by atoms with Gasteiger partial charge in [0.2, 0.25) is 0 Å². The highest BCUT2D eigenvalue weighted by Crippen LogP contribution is 2.19. The summed E-state index contributed by atoms with van der Waals surface area (Å²) in [5, 5.41) is 3.45. The minimum absolute atomic E-state index is 0.619. The van der Waals surface area contributed by atoms with Crippen molar-refractivity contribution in [1.82, 2.24) is 4.98 Å². The Kier molecular flexibility index (Phi) is 3.08. The van der Waals surface area contributed by atoms with Crippen molar-refractivity contribution in [3.63, 3.8) is 0 Å². The van der Waals surface area contributed by atoms with Crippen LogP contribution in [0.3, 0.4) is 0 Å². The van der Waals surface area contributed by atoms with E-state index < -0.39 is 0 Å². The first-order valence-electron chi connectivity index (χ1n) is 4.70. The Morgan fingerprint density at radius 3 is 3.15 bits per heavy atom. The molecule has 0 amide bonds. The molecule has 1 aliphatic rings. The largest absolute Gasteiger partial charge is 0.367 e. The van der Waals surface area contributed by atoms with Crippen molar-refractivity contribution in [3.05, 3.63) is 24.4 Å². The molecule has 1 aliphatic heterocycles. The van der Waals surface area contributed by atoms with Crippen molar-refractivity contribution in [3.8, 4) is 0 Å². The Balaban J connectivity index is 1.90. The van der Waals surface area contributed by atoms with Crippen LogP contribution in [0.25, 0.3) is 0 Å². The SMILES string of the molecule is c1ccc(NC2CCCSC2)nc1. The van der Waals surface area contributed by atoms with Crippen LogP contribution in [-0.2, 0) is 0 Å². The molecule has 0 aliphatic carbocycles. The van der Waals surface area contributed by atoms with E-state index in [1.54, 1.807) is 0 Å². The number of thioether (sulfide) groups is 1. The number of nitrogens with one attached hydrogen (secondary N) is 1. The molecule has 0 saturated carbocycles. The first kappa shape index (κ1) is 8.88. The molecule has 3 heteroatoms. The fraction of sp³-hybridized carbons (Fsp3) is 0.500. The summed E-state index contributed by atoms with van der Waals surface area (Å²) >= 11 is 2.03. The molecule has 2 rings (SSSR count). The van der Waals surface area contributed by atoms with Gasteiger partial charge >= 0.3 is 0 Å². The summed E-state index contributed by atoms with van der Waals surface area (Å²) in [4.78, 5) is 4.25. The molecule has 1 N–H and O–H groups in total. The van der Waals surface area contributed by atoms with Gasteiger partial charge in [-0.05, 0) is 30.7 Å². The maximum Gasteiger partial charge on any atom is 0.126 e. The molecule has 0 bridgehead atoms. The molecule has 0 spiro atoms. The lowest BCUT2D eigenvalue weighted by Crippen LogP contribution is -2.26. The van der Waals surface area contributed by atoms with Gasteiger partial charge in [0.1, 0.15) is 5.82 Å². The maximum atomic E-state index is 4.25. The summed E-state index contributed by atoms with van der Waals surface area (Å²) in [7, 11) is 0. The van der Waals surface area contributed by atoms with E-state index in [-0.39, 0.29) is 0 Å². The number of aromatic nitrogens is 1. The van der Waals surface area contributed by atoms with Crippen LogP contribution in [0, 0.1) is 0 Å². The standard InChI is InChI=1S/C10H14N2S/c1-2-6-11-10(5-1)12-9-4-3-7-13-8-9/h1-2,5-6,9H,3-4,7-8H2,(H,11,12). The van der Waals surface area contributed by atoms with Gasteiger partial charge in [0.15, 0.2) is 0 Å². The third-order valence-electron chi connectivity index (χ3n) is 2.18. The van der Waals surface area contributed by atoms with Crippen molar-refractivity contribution < 1.29 is 0 Å². The summed E-state index contributed by atoms with van der Waals surface area (Å²) < 4.78 is 0. The van der Waals surface area contributed by atoms with Gasteiger partial charge in [0, 0.05) is 18.0 Å². The summed E-state index contributed by atoms with van der Waals surface area (Å²) in [6.45, 7) is 0. The van der Waals surface area contributed by atoms with Crippen LogP contribution in [0.1, 0.15) is 12.8 Å². The lowest BCUT2D eigenvalue weighted by molar-refractivity contribution is 0.682. The third kappa shape index (κ3) is 2.62. The van der Waals surface area contributed by atoms with Crippen LogP contribution in [0.15, 0.2) is 24.4 Å². The summed E-state index contributed by atoms with van der Waals surface area (Å²) in [5.41, 5.74) is 0. The van der Waals surface area contributed by atoms with Crippen molar-refractivity contribution in [1.29, 1.82) is 0 Å². The molecule has 1 aromatic rings.